The van der Waals surface area contributed by atoms with Gasteiger partial charge in [0.15, 0.2) is 0 Å². The third-order valence-electron chi connectivity index (χ3n) is 16.7. The quantitative estimate of drug-likeness (QED) is 0.0274. The Bertz CT molecular complexity index is 2460. The topological polar surface area (TPSA) is 355 Å². The molecule has 9 unspecified atom stereocenters. The molecule has 3 saturated carbocycles. The van der Waals surface area contributed by atoms with Gasteiger partial charge in [0.25, 0.3) is 0 Å². The van der Waals surface area contributed by atoms with Crippen molar-refractivity contribution in [2.45, 2.75) is 157 Å². The number of unbranched alkanes of at least 4 members (excludes halogenated alkanes) is 4. The van der Waals surface area contributed by atoms with Gasteiger partial charge in [-0.1, -0.05) is 76.5 Å². The zero-order chi connectivity index (χ0) is 66.9. The van der Waals surface area contributed by atoms with Crippen molar-refractivity contribution in [2.75, 3.05) is 88.1 Å². The number of phenolic OH excluding ortho intramolecular Hbond substituents is 1. The number of carbonyl (C=O) groups is 4. The fourth-order valence-corrected chi connectivity index (χ4v) is 12.8. The Morgan fingerprint density at radius 2 is 1.19 bits per heavy atom. The number of fused-ring (bicyclic) bond motifs is 6. The normalized spacial score (nSPS) is 24.0. The average Bonchev–Trinajstić information content (AvgIpc) is 1.64. The number of nitrogens with one attached hydrogen (secondary N) is 1. The monoisotopic (exact) mass is 1250 g/mol. The molecule has 0 amide bonds. The van der Waals surface area contributed by atoms with Crippen molar-refractivity contribution in [1.82, 2.24) is 29.6 Å². The number of phenols is 1. The predicted octanol–water partition coefficient (Wildman–Crippen LogP) is 5.85. The highest BCUT2D eigenvalue weighted by Gasteiger charge is 2.59. The molecular formula is C68H122N14O7. The number of benzene rings is 2. The molecule has 1 aromatic heterocycles. The van der Waals surface area contributed by atoms with E-state index in [0.717, 1.165) is 145 Å². The lowest BCUT2D eigenvalue weighted by Crippen LogP contribution is -2.45. The SMILES string of the molecule is CC1(C)CC(N)CC(C)(CN)C1.CC1=CC2CC1C1C(=O)OC(=O)C21.CC1CCC2C(=O)OC(=O)C2C1.CN(C)Cc1cc(CN(C)C)c(O)c(CN(C)C)c1.Cn1ccnc1.NCCCCCN.NCCCCCNCCN.NCc1cccc(CN)c1. The first kappa shape index (κ1) is 80.1. The molecule has 18 N–H and O–H groups in total. The highest BCUT2D eigenvalue weighted by atomic mass is 16.6. The Morgan fingerprint density at radius 3 is 1.66 bits per heavy atom. The number of aryl methyl sites for hydroxylation is 1. The number of nitrogens with two attached hydrogens (primary N) is 8. The summed E-state index contributed by atoms with van der Waals surface area (Å²) in [6.45, 7) is 20.5. The van der Waals surface area contributed by atoms with E-state index in [0.29, 0.717) is 36.2 Å². The largest absolute Gasteiger partial charge is 0.507 e. The number of hydrogen-bond donors (Lipinski definition) is 10. The van der Waals surface area contributed by atoms with Gasteiger partial charge < -0.3 is 85.0 Å². The maximum atomic E-state index is 11.3. The number of esters is 4. The van der Waals surface area contributed by atoms with Gasteiger partial charge in [-0.3, -0.25) is 19.2 Å². The Kier molecular flexibility index (Phi) is 38.0. The first-order valence-corrected chi connectivity index (χ1v) is 32.5. The van der Waals surface area contributed by atoms with Gasteiger partial charge in [-0.05, 0) is 210 Å². The highest BCUT2D eigenvalue weighted by molar-refractivity contribution is 5.98. The third-order valence-corrected chi connectivity index (χ3v) is 16.7. The Morgan fingerprint density at radius 1 is 0.652 bits per heavy atom. The van der Waals surface area contributed by atoms with Crippen LogP contribution >= 0.6 is 0 Å². The van der Waals surface area contributed by atoms with Crippen LogP contribution in [-0.4, -0.2) is 147 Å². The van der Waals surface area contributed by atoms with Crippen LogP contribution in [0.15, 0.2) is 66.8 Å². The molecule has 3 heterocycles. The Labute approximate surface area is 535 Å². The van der Waals surface area contributed by atoms with Crippen molar-refractivity contribution in [3.8, 4) is 5.75 Å². The number of aromatic nitrogens is 2. The predicted molar refractivity (Wildman–Crippen MR) is 360 cm³/mol. The zero-order valence-electron chi connectivity index (χ0n) is 56.8. The van der Waals surface area contributed by atoms with Crippen molar-refractivity contribution in [2.24, 2.45) is 105 Å². The molecule has 2 saturated heterocycles. The van der Waals surface area contributed by atoms with Gasteiger partial charge in [0.1, 0.15) is 5.75 Å². The second-order valence-corrected chi connectivity index (χ2v) is 27.1. The summed E-state index contributed by atoms with van der Waals surface area (Å²) in [4.78, 5) is 54.9. The first-order chi connectivity index (χ1) is 42.1. The van der Waals surface area contributed by atoms with Gasteiger partial charge in [0.05, 0.1) is 30.0 Å². The summed E-state index contributed by atoms with van der Waals surface area (Å²) in [7, 11) is 14.1. The minimum Gasteiger partial charge on any atom is -0.507 e. The van der Waals surface area contributed by atoms with Crippen LogP contribution in [0.5, 0.6) is 5.75 Å². The van der Waals surface area contributed by atoms with Crippen LogP contribution in [0.2, 0.25) is 0 Å². The zero-order valence-corrected chi connectivity index (χ0v) is 56.8. The lowest BCUT2D eigenvalue weighted by Gasteiger charge is -2.45. The van der Waals surface area contributed by atoms with Gasteiger partial charge >= 0.3 is 23.9 Å². The Hall–Kier alpha value is -5.01. The number of cyclic esters (lactones) is 4. The molecule has 9 atom stereocenters. The molecule has 2 bridgehead atoms. The van der Waals surface area contributed by atoms with Crippen LogP contribution in [0, 0.1) is 52.3 Å². The lowest BCUT2D eigenvalue weighted by molar-refractivity contribution is -0.156. The third kappa shape index (κ3) is 29.9. The van der Waals surface area contributed by atoms with Crippen molar-refractivity contribution in [3.05, 3.63) is 94.6 Å². The summed E-state index contributed by atoms with van der Waals surface area (Å²) in [5, 5.41) is 13.6. The molecule has 0 spiro atoms. The van der Waals surface area contributed by atoms with Crippen molar-refractivity contribution < 1.29 is 33.8 Å². The maximum Gasteiger partial charge on any atom is 0.318 e. The molecule has 2 aromatic carbocycles. The molecule has 21 nitrogen and oxygen atoms in total. The molecule has 506 valence electrons. The van der Waals surface area contributed by atoms with E-state index in [1.165, 1.54) is 36.8 Å². The smallest absolute Gasteiger partial charge is 0.318 e. The molecule has 5 fully saturated rings. The number of rotatable bonds is 20. The van der Waals surface area contributed by atoms with Crippen LogP contribution in [0.4, 0.5) is 0 Å². The Balaban J connectivity index is 0.000000354. The van der Waals surface area contributed by atoms with Crippen molar-refractivity contribution in [3.63, 3.8) is 0 Å². The second-order valence-electron chi connectivity index (χ2n) is 27.1. The molecule has 21 heteroatoms. The number of allylic oxidation sites excluding steroid dienone is 2. The number of ether oxygens (including phenoxy) is 2. The molecule has 0 radical (unpaired) electrons. The summed E-state index contributed by atoms with van der Waals surface area (Å²) >= 11 is 0. The van der Waals surface area contributed by atoms with E-state index in [9.17, 15) is 24.3 Å². The number of nitrogens with zero attached hydrogens (tertiary/aromatic N) is 5. The van der Waals surface area contributed by atoms with E-state index in [1.54, 1.807) is 12.5 Å². The average molecular weight is 1250 g/mol. The van der Waals surface area contributed by atoms with E-state index in [1.807, 2.05) is 77.2 Å². The number of hydrogen-bond acceptors (Lipinski definition) is 20. The minimum absolute atomic E-state index is 0.117. The number of imidazole rings is 1. The van der Waals surface area contributed by atoms with E-state index < -0.39 is 0 Å². The fourth-order valence-electron chi connectivity index (χ4n) is 12.8. The molecule has 6 aliphatic rings. The highest BCUT2D eigenvalue weighted by Crippen LogP contribution is 2.54. The van der Waals surface area contributed by atoms with Gasteiger partial charge in [-0.2, -0.15) is 0 Å². The fraction of sp³-hybridized carbons (Fsp3) is 0.691. The van der Waals surface area contributed by atoms with Gasteiger partial charge in [0.2, 0.25) is 0 Å². The van der Waals surface area contributed by atoms with E-state index in [4.69, 9.17) is 45.9 Å². The summed E-state index contributed by atoms with van der Waals surface area (Å²) in [6.07, 6.45) is 21.7. The van der Waals surface area contributed by atoms with Crippen molar-refractivity contribution in [1.29, 1.82) is 0 Å². The van der Waals surface area contributed by atoms with Gasteiger partial charge in [-0.15, -0.1) is 0 Å². The van der Waals surface area contributed by atoms with E-state index >= 15 is 0 Å². The summed E-state index contributed by atoms with van der Waals surface area (Å²) in [5.74, 6) is -0.175. The summed E-state index contributed by atoms with van der Waals surface area (Å²) in [6, 6.07) is 12.6. The summed E-state index contributed by atoms with van der Waals surface area (Å²) < 4.78 is 11.1. The summed E-state index contributed by atoms with van der Waals surface area (Å²) in [5.41, 5.74) is 51.2. The number of aromatic hydroxyl groups is 1. The molecule has 3 aromatic rings. The van der Waals surface area contributed by atoms with Crippen LogP contribution < -0.4 is 51.2 Å². The molecule has 89 heavy (non-hydrogen) atoms. The van der Waals surface area contributed by atoms with Crippen LogP contribution in [0.25, 0.3) is 0 Å². The number of carbonyl (C=O) groups excluding carboxylic acids is 4. The van der Waals surface area contributed by atoms with E-state index in [2.05, 4.69) is 94.5 Å². The standard InChI is InChI=1S/C15H27N3O.C10H22N2.C10H10O3.C9H12O3.C8H12N2.C7H19N3.C5H14N2.C4H6N2/c1-16(2)9-12-7-13(10-17(3)4)15(19)14(8-12)11-18(5)6;1-9(2)4-8(12)5-10(3,6-9)7-11;1-4-2-5-3-6(4)8-7(5)9(11)13-10(8)12;1-5-2-3-6-7(4-5)9(11)12-8(6)10;9-5-7-2-1-3-8(4-7)6-10;8-4-2-1-3-6-10-7-5-9;6-4-2-1-3-5-7;1-6-3-2-5-4-6/h7-8,19H,9-11H2,1-6H3;8H,4-7,11-12H2,1-3H3;2,5-8H,3H2,1H3;5-7H,2-4H2,1H3;1-4H,5-6,9-10H2;10H,1-9H2;1-7H2;2-4H,1H3. The molecule has 9 rings (SSSR count). The molecule has 4 aliphatic carbocycles. The van der Waals surface area contributed by atoms with Gasteiger partial charge in [-0.25, -0.2) is 4.98 Å². The molecule has 2 aliphatic heterocycles. The van der Waals surface area contributed by atoms with E-state index in [-0.39, 0.29) is 64.8 Å². The lowest BCUT2D eigenvalue weighted by atomic mass is 9.63. The van der Waals surface area contributed by atoms with Crippen LogP contribution in [0.3, 0.4) is 0 Å². The maximum absolute atomic E-state index is 11.3. The van der Waals surface area contributed by atoms with Gasteiger partial charge in [0, 0.05) is 82.4 Å². The van der Waals surface area contributed by atoms with Crippen molar-refractivity contribution >= 4 is 23.9 Å². The first-order valence-electron chi connectivity index (χ1n) is 32.5. The molecular weight excluding hydrogens is 1120 g/mol. The van der Waals surface area contributed by atoms with Crippen LogP contribution in [-0.2, 0) is 68.4 Å². The minimum atomic E-state index is -0.300. The second kappa shape index (κ2) is 42.2. The van der Waals surface area contributed by atoms with Crippen LogP contribution in [0.1, 0.15) is 146 Å².